The van der Waals surface area contributed by atoms with Gasteiger partial charge < -0.3 is 9.84 Å². The number of aromatic nitrogens is 2. The number of ether oxygens (including phenoxy) is 1. The van der Waals surface area contributed by atoms with Crippen LogP contribution in [0.15, 0.2) is 12.4 Å². The second-order valence-electron chi connectivity index (χ2n) is 2.40. The van der Waals surface area contributed by atoms with Gasteiger partial charge in [0.15, 0.2) is 6.10 Å². The molecule has 1 rings (SSSR count). The van der Waals surface area contributed by atoms with Crippen molar-refractivity contribution in [1.29, 1.82) is 0 Å². The van der Waals surface area contributed by atoms with Crippen LogP contribution in [0, 0.1) is 0 Å². The van der Waals surface area contributed by atoms with Crippen molar-refractivity contribution in [3.05, 3.63) is 18.1 Å². The molecule has 0 fully saturated rings. The van der Waals surface area contributed by atoms with Crippen LogP contribution in [0.5, 0.6) is 5.88 Å². The molecule has 0 amide bonds. The van der Waals surface area contributed by atoms with Crippen LogP contribution in [0.25, 0.3) is 0 Å². The van der Waals surface area contributed by atoms with Gasteiger partial charge in [-0.25, -0.2) is 4.98 Å². The van der Waals surface area contributed by atoms with E-state index in [0.717, 1.165) is 6.20 Å². The van der Waals surface area contributed by atoms with Gasteiger partial charge in [-0.15, -0.1) is 0 Å². The van der Waals surface area contributed by atoms with Crippen molar-refractivity contribution in [3.63, 3.8) is 0 Å². The van der Waals surface area contributed by atoms with Gasteiger partial charge in [0.25, 0.3) is 0 Å². The van der Waals surface area contributed by atoms with E-state index >= 15 is 0 Å². The lowest BCUT2D eigenvalue weighted by Gasteiger charge is -2.16. The molecule has 1 N–H and O–H groups in total. The first-order valence-corrected chi connectivity index (χ1v) is 3.94. The van der Waals surface area contributed by atoms with Crippen molar-refractivity contribution >= 4 is 11.6 Å². The van der Waals surface area contributed by atoms with Crippen molar-refractivity contribution in [1.82, 2.24) is 9.97 Å². The van der Waals surface area contributed by atoms with Gasteiger partial charge >= 0.3 is 5.38 Å². The van der Waals surface area contributed by atoms with Crippen molar-refractivity contribution in [3.8, 4) is 5.88 Å². The quantitative estimate of drug-likeness (QED) is 0.788. The first-order valence-electron chi connectivity index (χ1n) is 3.56. The van der Waals surface area contributed by atoms with E-state index in [9.17, 15) is 8.78 Å². The Morgan fingerprint density at radius 3 is 2.57 bits per heavy atom. The molecule has 1 aromatic rings. The molecule has 0 aliphatic rings. The largest absolute Gasteiger partial charge is 0.480 e. The molecule has 0 aliphatic heterocycles. The number of hydrogen-bond acceptors (Lipinski definition) is 4. The van der Waals surface area contributed by atoms with Crippen molar-refractivity contribution < 1.29 is 18.6 Å². The minimum atomic E-state index is -3.80. The number of halogens is 3. The van der Waals surface area contributed by atoms with E-state index < -0.39 is 17.2 Å². The Kier molecular flexibility index (Phi) is 3.17. The smallest absolute Gasteiger partial charge is 0.352 e. The minimum Gasteiger partial charge on any atom is -0.480 e. The third-order valence-electron chi connectivity index (χ3n) is 1.45. The van der Waals surface area contributed by atoms with E-state index in [4.69, 9.17) is 5.11 Å². The molecule has 0 aliphatic carbocycles. The third-order valence-corrected chi connectivity index (χ3v) is 1.66. The fourth-order valence-electron chi connectivity index (χ4n) is 0.836. The average molecular weight is 225 g/mol. The molecule has 0 aromatic carbocycles. The molecular formula is C7H7ClF2N2O2. The number of aliphatic hydroxyl groups excluding tert-OH is 1. The van der Waals surface area contributed by atoms with Gasteiger partial charge in [-0.05, 0) is 11.6 Å². The van der Waals surface area contributed by atoms with Crippen LogP contribution in [-0.4, -0.2) is 27.6 Å². The van der Waals surface area contributed by atoms with E-state index in [1.807, 2.05) is 0 Å². The van der Waals surface area contributed by atoms with Crippen LogP contribution in [0.2, 0.25) is 0 Å². The highest BCUT2D eigenvalue weighted by atomic mass is 35.5. The first-order chi connectivity index (χ1) is 6.46. The summed E-state index contributed by atoms with van der Waals surface area (Å²) in [5, 5.41) is 5.30. The maximum Gasteiger partial charge on any atom is 0.352 e. The maximum absolute atomic E-state index is 12.5. The van der Waals surface area contributed by atoms with Crippen LogP contribution < -0.4 is 4.74 Å². The molecule has 1 atom stereocenters. The lowest BCUT2D eigenvalue weighted by molar-refractivity contribution is -0.0459. The van der Waals surface area contributed by atoms with Gasteiger partial charge in [-0.2, -0.15) is 8.78 Å². The zero-order chi connectivity index (χ0) is 10.8. The van der Waals surface area contributed by atoms with Gasteiger partial charge in [0.2, 0.25) is 5.88 Å². The van der Waals surface area contributed by atoms with Crippen LogP contribution in [0.3, 0.4) is 0 Å². The van der Waals surface area contributed by atoms with E-state index in [2.05, 4.69) is 26.3 Å². The monoisotopic (exact) mass is 224 g/mol. The fourth-order valence-corrected chi connectivity index (χ4v) is 0.939. The predicted octanol–water partition coefficient (Wildman–Crippen LogP) is 1.35. The predicted molar refractivity (Wildman–Crippen MR) is 44.3 cm³/mol. The summed E-state index contributed by atoms with van der Waals surface area (Å²) in [6.45, 7) is 0. The highest BCUT2D eigenvalue weighted by Gasteiger charge is 2.40. The molecule has 1 unspecified atom stereocenters. The summed E-state index contributed by atoms with van der Waals surface area (Å²) < 4.78 is 29.7. The van der Waals surface area contributed by atoms with E-state index in [-0.39, 0.29) is 5.88 Å². The second-order valence-corrected chi connectivity index (χ2v) is 2.90. The number of alkyl halides is 3. The lowest BCUT2D eigenvalue weighted by atomic mass is 10.2. The highest BCUT2D eigenvalue weighted by Crippen LogP contribution is 2.36. The maximum atomic E-state index is 12.5. The average Bonchev–Trinajstić information content (AvgIpc) is 2.15. The Morgan fingerprint density at radius 1 is 1.50 bits per heavy atom. The number of methoxy groups -OCH3 is 1. The molecule has 0 spiro atoms. The Morgan fingerprint density at radius 2 is 2.07 bits per heavy atom. The Labute approximate surface area is 83.5 Å². The fraction of sp³-hybridized carbons (Fsp3) is 0.429. The van der Waals surface area contributed by atoms with Gasteiger partial charge in [0, 0.05) is 12.4 Å². The Hall–Kier alpha value is -1.01. The number of nitrogens with zero attached hydrogens (tertiary/aromatic N) is 2. The molecule has 0 saturated carbocycles. The van der Waals surface area contributed by atoms with Crippen molar-refractivity contribution in [2.24, 2.45) is 0 Å². The van der Waals surface area contributed by atoms with Crippen LogP contribution in [0.1, 0.15) is 11.8 Å². The van der Waals surface area contributed by atoms with Gasteiger partial charge in [0.05, 0.1) is 7.11 Å². The molecule has 4 nitrogen and oxygen atoms in total. The summed E-state index contributed by atoms with van der Waals surface area (Å²) in [7, 11) is 1.23. The summed E-state index contributed by atoms with van der Waals surface area (Å²) >= 11 is 4.64. The zero-order valence-electron chi connectivity index (χ0n) is 7.12. The third kappa shape index (κ3) is 2.27. The van der Waals surface area contributed by atoms with Crippen molar-refractivity contribution in [2.45, 2.75) is 11.5 Å². The molecule has 0 bridgehead atoms. The molecule has 78 valence electrons. The summed E-state index contributed by atoms with van der Waals surface area (Å²) in [6, 6.07) is 0. The van der Waals surface area contributed by atoms with Gasteiger partial charge in [0.1, 0.15) is 5.69 Å². The highest BCUT2D eigenvalue weighted by molar-refractivity contribution is 6.22. The molecule has 14 heavy (non-hydrogen) atoms. The van der Waals surface area contributed by atoms with Crippen LogP contribution in [-0.2, 0) is 0 Å². The molecule has 0 radical (unpaired) electrons. The van der Waals surface area contributed by atoms with E-state index in [0.29, 0.717) is 0 Å². The van der Waals surface area contributed by atoms with Gasteiger partial charge in [-0.1, -0.05) is 0 Å². The molecule has 1 aromatic heterocycles. The molecular weight excluding hydrogens is 218 g/mol. The Bertz CT molecular complexity index is 319. The zero-order valence-corrected chi connectivity index (χ0v) is 7.87. The summed E-state index contributed by atoms with van der Waals surface area (Å²) in [5.74, 6) is -0.180. The lowest BCUT2D eigenvalue weighted by Crippen LogP contribution is -2.21. The Balaban J connectivity index is 3.06. The first kappa shape index (κ1) is 11.1. The second kappa shape index (κ2) is 4.02. The van der Waals surface area contributed by atoms with E-state index in [1.54, 1.807) is 0 Å². The van der Waals surface area contributed by atoms with E-state index in [1.165, 1.54) is 13.3 Å². The number of aliphatic hydroxyl groups is 1. The van der Waals surface area contributed by atoms with Crippen molar-refractivity contribution in [2.75, 3.05) is 7.11 Å². The standard InChI is InChI=1S/C7H7ClF2N2O2/c1-14-6-4(11-2-3-12-6)5(13)7(8,9)10/h2-3,5,13H,1H3. The minimum absolute atomic E-state index is 0.180. The number of rotatable bonds is 3. The molecule has 0 saturated heterocycles. The topological polar surface area (TPSA) is 55.2 Å². The number of hydrogen-bond donors (Lipinski definition) is 1. The molecule has 7 heteroatoms. The SMILES string of the molecule is COc1nccnc1C(O)C(F)(F)Cl. The summed E-state index contributed by atoms with van der Waals surface area (Å²) in [6.07, 6.45) is 0.165. The van der Waals surface area contributed by atoms with Crippen LogP contribution >= 0.6 is 11.6 Å². The molecule has 1 heterocycles. The summed E-state index contributed by atoms with van der Waals surface area (Å²) in [5.41, 5.74) is -0.394. The van der Waals surface area contributed by atoms with Crippen LogP contribution in [0.4, 0.5) is 8.78 Å². The normalized spacial score (nSPS) is 13.8. The summed E-state index contributed by atoms with van der Waals surface area (Å²) in [4.78, 5) is 7.11. The van der Waals surface area contributed by atoms with Gasteiger partial charge in [-0.3, -0.25) is 4.98 Å².